The lowest BCUT2D eigenvalue weighted by atomic mass is 10.00. The Hall–Kier alpha value is -2.77. The molecule has 2 aromatic carbocycles. The summed E-state index contributed by atoms with van der Waals surface area (Å²) in [6.45, 7) is 4.39. The van der Waals surface area contributed by atoms with Crippen LogP contribution >= 0.6 is 11.3 Å². The molecule has 2 atom stereocenters. The topological polar surface area (TPSA) is 57.3 Å². The number of carbonyl (C=O) groups is 1. The van der Waals surface area contributed by atoms with E-state index in [4.69, 9.17) is 4.98 Å². The summed E-state index contributed by atoms with van der Waals surface area (Å²) in [5.41, 5.74) is 2.42. The van der Waals surface area contributed by atoms with Crippen molar-refractivity contribution < 1.29 is 9.18 Å². The van der Waals surface area contributed by atoms with Crippen molar-refractivity contribution in [2.24, 2.45) is 5.92 Å². The minimum Gasteiger partial charge on any atom is -0.348 e. The summed E-state index contributed by atoms with van der Waals surface area (Å²) in [5.74, 6) is 0.0985. The minimum atomic E-state index is -0.297. The highest BCUT2D eigenvalue weighted by Gasteiger charge is 2.26. The average Bonchev–Trinajstić information content (AvgIpc) is 3.42. The lowest BCUT2D eigenvalue weighted by molar-refractivity contribution is -0.111. The van der Waals surface area contributed by atoms with E-state index < -0.39 is 0 Å². The van der Waals surface area contributed by atoms with Crippen LogP contribution in [0.15, 0.2) is 48.5 Å². The van der Waals surface area contributed by atoms with Gasteiger partial charge < -0.3 is 15.5 Å². The van der Waals surface area contributed by atoms with Crippen molar-refractivity contribution >= 4 is 44.4 Å². The number of carbonyl (C=O) groups excluding carboxylic acids is 1. The zero-order valence-corrected chi connectivity index (χ0v) is 17.9. The van der Waals surface area contributed by atoms with E-state index >= 15 is 0 Å². The molecule has 0 aliphatic carbocycles. The van der Waals surface area contributed by atoms with E-state index in [9.17, 15) is 9.18 Å². The van der Waals surface area contributed by atoms with Gasteiger partial charge in [-0.25, -0.2) is 9.37 Å². The third kappa shape index (κ3) is 4.68. The zero-order valence-electron chi connectivity index (χ0n) is 17.1. The first-order chi connectivity index (χ1) is 14.5. The molecule has 2 unspecified atom stereocenters. The van der Waals surface area contributed by atoms with Gasteiger partial charge in [0.1, 0.15) is 5.82 Å². The van der Waals surface area contributed by atoms with Crippen LogP contribution in [0.1, 0.15) is 18.9 Å². The monoisotopic (exact) mass is 424 g/mol. The Kier molecular flexibility index (Phi) is 6.11. The van der Waals surface area contributed by atoms with Gasteiger partial charge in [0, 0.05) is 24.9 Å². The lowest BCUT2D eigenvalue weighted by Crippen LogP contribution is -2.36. The molecule has 0 radical (unpaired) electrons. The molecule has 0 spiro atoms. The molecule has 1 aliphatic heterocycles. The van der Waals surface area contributed by atoms with Crippen LogP contribution in [-0.2, 0) is 4.79 Å². The fourth-order valence-corrected chi connectivity index (χ4v) is 4.71. The van der Waals surface area contributed by atoms with Crippen LogP contribution < -0.4 is 15.5 Å². The molecule has 0 saturated carbocycles. The predicted octanol–water partition coefficient (Wildman–Crippen LogP) is 4.52. The average molecular weight is 425 g/mol. The van der Waals surface area contributed by atoms with Gasteiger partial charge in [-0.2, -0.15) is 0 Å². The van der Waals surface area contributed by atoms with Crippen molar-refractivity contribution in [1.82, 2.24) is 10.3 Å². The van der Waals surface area contributed by atoms with Crippen LogP contribution in [0, 0.1) is 11.7 Å². The number of thiazole rings is 1. The molecule has 7 heteroatoms. The van der Waals surface area contributed by atoms with Crippen LogP contribution in [0.3, 0.4) is 0 Å². The second-order valence-corrected chi connectivity index (χ2v) is 8.67. The number of hydrogen-bond acceptors (Lipinski definition) is 5. The summed E-state index contributed by atoms with van der Waals surface area (Å²) < 4.78 is 14.0. The van der Waals surface area contributed by atoms with Crippen LogP contribution in [0.4, 0.5) is 15.2 Å². The summed E-state index contributed by atoms with van der Waals surface area (Å²) in [5, 5.41) is 7.30. The van der Waals surface area contributed by atoms with Crippen LogP contribution in [0.25, 0.3) is 16.3 Å². The summed E-state index contributed by atoms with van der Waals surface area (Å²) in [4.78, 5) is 19.3. The summed E-state index contributed by atoms with van der Waals surface area (Å²) in [6.07, 6.45) is 4.30. The van der Waals surface area contributed by atoms with Crippen molar-refractivity contribution in [3.05, 3.63) is 59.9 Å². The van der Waals surface area contributed by atoms with Crippen molar-refractivity contribution in [3.8, 4) is 0 Å². The number of fused-ring (bicyclic) bond motifs is 1. The van der Waals surface area contributed by atoms with E-state index in [2.05, 4.69) is 29.5 Å². The maximum Gasteiger partial charge on any atom is 0.248 e. The molecule has 5 nitrogen and oxygen atoms in total. The molecular formula is C23H25FN4OS. The Morgan fingerprint density at radius 2 is 2.13 bits per heavy atom. The Morgan fingerprint density at radius 3 is 2.87 bits per heavy atom. The number of nitrogens with one attached hydrogen (secondary N) is 2. The standard InChI is InChI=1S/C23H25FN4OS/c1-15(17-11-12-25-14-17)28(2)23-27-20-9-8-19(13-21(20)30-23)26-22(29)10-5-16-3-6-18(24)7-4-16/h3-10,13,15,17,25H,11-12,14H2,1-2H3,(H,26,29). The van der Waals surface area contributed by atoms with Crippen LogP contribution in [0.2, 0.25) is 0 Å². The molecular weight excluding hydrogens is 399 g/mol. The third-order valence-electron chi connectivity index (χ3n) is 5.64. The number of nitrogens with zero attached hydrogens (tertiary/aromatic N) is 2. The Bertz CT molecular complexity index is 1060. The van der Waals surface area contributed by atoms with Crippen molar-refractivity contribution in [3.63, 3.8) is 0 Å². The van der Waals surface area contributed by atoms with E-state index in [1.165, 1.54) is 24.6 Å². The fraction of sp³-hybridized carbons (Fsp3) is 0.304. The second-order valence-electron chi connectivity index (χ2n) is 7.66. The molecule has 1 aromatic heterocycles. The van der Waals surface area contributed by atoms with Crippen LogP contribution in [-0.4, -0.2) is 37.1 Å². The van der Waals surface area contributed by atoms with Crippen molar-refractivity contribution in [2.45, 2.75) is 19.4 Å². The number of halogens is 1. The zero-order chi connectivity index (χ0) is 21.1. The molecule has 1 aliphatic rings. The van der Waals surface area contributed by atoms with Gasteiger partial charge >= 0.3 is 0 Å². The summed E-state index contributed by atoms with van der Waals surface area (Å²) in [7, 11) is 2.10. The number of anilines is 2. The number of amides is 1. The number of aromatic nitrogens is 1. The Morgan fingerprint density at radius 1 is 1.33 bits per heavy atom. The second kappa shape index (κ2) is 8.93. The van der Waals surface area contributed by atoms with Gasteiger partial charge in [-0.3, -0.25) is 4.79 Å². The summed E-state index contributed by atoms with van der Waals surface area (Å²) >= 11 is 1.63. The highest BCUT2D eigenvalue weighted by atomic mass is 32.1. The van der Waals surface area contributed by atoms with E-state index in [0.29, 0.717) is 12.0 Å². The number of rotatable bonds is 6. The smallest absolute Gasteiger partial charge is 0.248 e. The molecule has 156 valence electrons. The largest absolute Gasteiger partial charge is 0.348 e. The molecule has 0 bridgehead atoms. The van der Waals surface area contributed by atoms with Gasteiger partial charge in [-0.15, -0.1) is 0 Å². The number of hydrogen-bond donors (Lipinski definition) is 2. The van der Waals surface area contributed by atoms with Gasteiger partial charge in [-0.05, 0) is 74.3 Å². The Labute approximate surface area is 179 Å². The maximum atomic E-state index is 13.0. The quantitative estimate of drug-likeness (QED) is 0.571. The summed E-state index contributed by atoms with van der Waals surface area (Å²) in [6, 6.07) is 12.2. The maximum absolute atomic E-state index is 13.0. The molecule has 4 rings (SSSR count). The highest BCUT2D eigenvalue weighted by molar-refractivity contribution is 7.22. The van der Waals surface area contributed by atoms with E-state index in [1.54, 1.807) is 29.5 Å². The van der Waals surface area contributed by atoms with Crippen LogP contribution in [0.5, 0.6) is 0 Å². The van der Waals surface area contributed by atoms with Gasteiger partial charge in [0.2, 0.25) is 5.91 Å². The fourth-order valence-electron chi connectivity index (χ4n) is 3.65. The lowest BCUT2D eigenvalue weighted by Gasteiger charge is -2.28. The first-order valence-corrected chi connectivity index (χ1v) is 10.9. The Balaban J connectivity index is 1.44. The minimum absolute atomic E-state index is 0.233. The van der Waals surface area contributed by atoms with E-state index in [0.717, 1.165) is 39.7 Å². The molecule has 1 saturated heterocycles. The van der Waals surface area contributed by atoms with E-state index in [-0.39, 0.29) is 11.7 Å². The van der Waals surface area contributed by atoms with Crippen molar-refractivity contribution in [2.75, 3.05) is 30.4 Å². The molecule has 2 N–H and O–H groups in total. The molecule has 1 fully saturated rings. The first kappa shape index (κ1) is 20.5. The normalized spacial score (nSPS) is 17.5. The van der Waals surface area contributed by atoms with E-state index in [1.807, 2.05) is 18.2 Å². The van der Waals surface area contributed by atoms with Gasteiger partial charge in [0.05, 0.1) is 10.2 Å². The molecule has 2 heterocycles. The van der Waals surface area contributed by atoms with Gasteiger partial charge in [0.15, 0.2) is 5.13 Å². The highest BCUT2D eigenvalue weighted by Crippen LogP contribution is 2.32. The predicted molar refractivity (Wildman–Crippen MR) is 123 cm³/mol. The molecule has 30 heavy (non-hydrogen) atoms. The SMILES string of the molecule is CC(C1CCNC1)N(C)c1nc2ccc(NC(=O)C=Cc3ccc(F)cc3)cc2s1. The van der Waals surface area contributed by atoms with Gasteiger partial charge in [-0.1, -0.05) is 23.5 Å². The third-order valence-corrected chi connectivity index (χ3v) is 6.74. The molecule has 1 amide bonds. The van der Waals surface area contributed by atoms with Gasteiger partial charge in [0.25, 0.3) is 0 Å². The van der Waals surface area contributed by atoms with Crippen molar-refractivity contribution in [1.29, 1.82) is 0 Å². The molecule has 3 aromatic rings. The number of benzene rings is 2. The first-order valence-electron chi connectivity index (χ1n) is 10.1.